The van der Waals surface area contributed by atoms with Crippen LogP contribution >= 0.6 is 0 Å². The van der Waals surface area contributed by atoms with Crippen LogP contribution in [0.4, 0.5) is 4.79 Å². The van der Waals surface area contributed by atoms with E-state index in [0.717, 1.165) is 5.56 Å². The van der Waals surface area contributed by atoms with Crippen LogP contribution in [0.3, 0.4) is 0 Å². The summed E-state index contributed by atoms with van der Waals surface area (Å²) in [5, 5.41) is 0. The van der Waals surface area contributed by atoms with E-state index in [2.05, 4.69) is 0 Å². The van der Waals surface area contributed by atoms with Crippen molar-refractivity contribution in [2.24, 2.45) is 0 Å². The SMILES string of the molecule is CC(C)(C)OC(=O)N1CCOC=C1c1ccc(C(=O)c2ccccc2)cc1. The zero-order valence-corrected chi connectivity index (χ0v) is 15.8. The highest BCUT2D eigenvalue weighted by atomic mass is 16.6. The molecule has 0 radical (unpaired) electrons. The van der Waals surface area contributed by atoms with Gasteiger partial charge in [-0.2, -0.15) is 0 Å². The Morgan fingerprint density at radius 2 is 1.59 bits per heavy atom. The highest BCUT2D eigenvalue weighted by Gasteiger charge is 2.27. The van der Waals surface area contributed by atoms with Crippen molar-refractivity contribution in [1.29, 1.82) is 0 Å². The van der Waals surface area contributed by atoms with E-state index in [1.54, 1.807) is 35.4 Å². The van der Waals surface area contributed by atoms with Gasteiger partial charge in [-0.1, -0.05) is 54.6 Å². The number of carbonyl (C=O) groups is 2. The van der Waals surface area contributed by atoms with Crippen LogP contribution < -0.4 is 0 Å². The number of ketones is 1. The Morgan fingerprint density at radius 1 is 0.963 bits per heavy atom. The van der Waals surface area contributed by atoms with Gasteiger partial charge in [-0.15, -0.1) is 0 Å². The van der Waals surface area contributed by atoms with Crippen molar-refractivity contribution >= 4 is 17.6 Å². The van der Waals surface area contributed by atoms with Gasteiger partial charge in [-0.25, -0.2) is 4.79 Å². The third kappa shape index (κ3) is 4.56. The van der Waals surface area contributed by atoms with Crippen LogP contribution in [0, 0.1) is 0 Å². The number of hydrogen-bond acceptors (Lipinski definition) is 4. The van der Waals surface area contributed by atoms with E-state index in [4.69, 9.17) is 9.47 Å². The van der Waals surface area contributed by atoms with Gasteiger partial charge in [0.2, 0.25) is 0 Å². The number of ether oxygens (including phenoxy) is 2. The van der Waals surface area contributed by atoms with Gasteiger partial charge in [0, 0.05) is 16.7 Å². The van der Waals surface area contributed by atoms with Gasteiger partial charge < -0.3 is 9.47 Å². The van der Waals surface area contributed by atoms with Gasteiger partial charge in [-0.3, -0.25) is 9.69 Å². The molecular weight excluding hydrogens is 342 g/mol. The first-order valence-electron chi connectivity index (χ1n) is 8.88. The van der Waals surface area contributed by atoms with Crippen LogP contribution in [-0.2, 0) is 9.47 Å². The van der Waals surface area contributed by atoms with Gasteiger partial charge >= 0.3 is 6.09 Å². The molecule has 0 saturated heterocycles. The molecule has 2 aromatic carbocycles. The molecule has 5 nitrogen and oxygen atoms in total. The smallest absolute Gasteiger partial charge is 0.415 e. The van der Waals surface area contributed by atoms with Crippen LogP contribution in [-0.4, -0.2) is 35.5 Å². The molecule has 5 heteroatoms. The van der Waals surface area contributed by atoms with Gasteiger partial charge in [0.15, 0.2) is 5.78 Å². The Labute approximate surface area is 159 Å². The molecule has 0 aromatic heterocycles. The molecule has 3 rings (SSSR count). The van der Waals surface area contributed by atoms with Gasteiger partial charge in [-0.05, 0) is 20.8 Å². The van der Waals surface area contributed by atoms with E-state index in [9.17, 15) is 9.59 Å². The Hall–Kier alpha value is -3.08. The fraction of sp³-hybridized carbons (Fsp3) is 0.273. The molecule has 1 aliphatic rings. The van der Waals surface area contributed by atoms with Crippen molar-refractivity contribution in [3.63, 3.8) is 0 Å². The van der Waals surface area contributed by atoms with Gasteiger partial charge in [0.1, 0.15) is 18.5 Å². The molecule has 0 atom stereocenters. The predicted molar refractivity (Wildman–Crippen MR) is 103 cm³/mol. The van der Waals surface area contributed by atoms with E-state index in [0.29, 0.717) is 30.0 Å². The number of rotatable bonds is 3. The first-order chi connectivity index (χ1) is 12.8. The maximum Gasteiger partial charge on any atom is 0.415 e. The Balaban J connectivity index is 1.81. The fourth-order valence-electron chi connectivity index (χ4n) is 2.75. The standard InChI is InChI=1S/C22H23NO4/c1-22(2,3)27-21(25)23-13-14-26-15-19(23)16-9-11-18(12-10-16)20(24)17-7-5-4-6-8-17/h4-12,15H,13-14H2,1-3H3. The number of hydrogen-bond donors (Lipinski definition) is 0. The van der Waals surface area contributed by atoms with Crippen molar-refractivity contribution in [2.45, 2.75) is 26.4 Å². The molecule has 2 aromatic rings. The summed E-state index contributed by atoms with van der Waals surface area (Å²) in [5.41, 5.74) is 2.05. The molecule has 0 saturated carbocycles. The molecule has 1 amide bonds. The molecule has 140 valence electrons. The minimum atomic E-state index is -0.577. The summed E-state index contributed by atoms with van der Waals surface area (Å²) in [4.78, 5) is 26.6. The number of nitrogens with zero attached hydrogens (tertiary/aromatic N) is 1. The summed E-state index contributed by atoms with van der Waals surface area (Å²) in [5.74, 6) is -0.0416. The Morgan fingerprint density at radius 3 is 2.22 bits per heavy atom. The minimum absolute atomic E-state index is 0.0416. The first kappa shape index (κ1) is 18.7. The van der Waals surface area contributed by atoms with Crippen molar-refractivity contribution < 1.29 is 19.1 Å². The van der Waals surface area contributed by atoms with E-state index in [-0.39, 0.29) is 5.78 Å². The average Bonchev–Trinajstić information content (AvgIpc) is 2.67. The van der Waals surface area contributed by atoms with Crippen molar-refractivity contribution in [2.75, 3.05) is 13.2 Å². The zero-order valence-electron chi connectivity index (χ0n) is 15.8. The topological polar surface area (TPSA) is 55.8 Å². The number of amides is 1. The average molecular weight is 365 g/mol. The molecule has 0 fully saturated rings. The lowest BCUT2D eigenvalue weighted by atomic mass is 10.0. The predicted octanol–water partition coefficient (Wildman–Crippen LogP) is 4.48. The first-order valence-corrected chi connectivity index (χ1v) is 8.88. The normalized spacial score (nSPS) is 14.2. The monoisotopic (exact) mass is 365 g/mol. The second-order valence-electron chi connectivity index (χ2n) is 7.28. The molecule has 1 aliphatic heterocycles. The van der Waals surface area contributed by atoms with E-state index < -0.39 is 11.7 Å². The summed E-state index contributed by atoms with van der Waals surface area (Å²) >= 11 is 0. The third-order valence-corrected chi connectivity index (χ3v) is 4.01. The van der Waals surface area contributed by atoms with Gasteiger partial charge in [0.05, 0.1) is 12.2 Å². The van der Waals surface area contributed by atoms with Gasteiger partial charge in [0.25, 0.3) is 0 Å². The summed E-state index contributed by atoms with van der Waals surface area (Å²) in [6, 6.07) is 16.3. The van der Waals surface area contributed by atoms with E-state index in [1.807, 2.05) is 51.1 Å². The summed E-state index contributed by atoms with van der Waals surface area (Å²) in [7, 11) is 0. The Kier molecular flexibility index (Phi) is 5.31. The second kappa shape index (κ2) is 7.66. The zero-order chi connectivity index (χ0) is 19.4. The molecule has 0 aliphatic carbocycles. The molecule has 0 unspecified atom stereocenters. The maximum atomic E-state index is 12.5. The lowest BCUT2D eigenvalue weighted by Gasteiger charge is -2.31. The van der Waals surface area contributed by atoms with Crippen molar-refractivity contribution in [3.8, 4) is 0 Å². The largest absolute Gasteiger partial charge is 0.497 e. The molecule has 27 heavy (non-hydrogen) atoms. The number of benzene rings is 2. The summed E-state index contributed by atoms with van der Waals surface area (Å²) < 4.78 is 10.9. The van der Waals surface area contributed by atoms with E-state index in [1.165, 1.54) is 0 Å². The third-order valence-electron chi connectivity index (χ3n) is 4.01. The minimum Gasteiger partial charge on any atom is -0.497 e. The number of carbonyl (C=O) groups excluding carboxylic acids is 2. The van der Waals surface area contributed by atoms with Crippen molar-refractivity contribution in [3.05, 3.63) is 77.5 Å². The molecule has 0 N–H and O–H groups in total. The molecule has 0 bridgehead atoms. The molecular formula is C22H23NO4. The summed E-state index contributed by atoms with van der Waals surface area (Å²) in [6.45, 7) is 6.31. The second-order valence-corrected chi connectivity index (χ2v) is 7.28. The van der Waals surface area contributed by atoms with Crippen LogP contribution in [0.1, 0.15) is 42.3 Å². The molecule has 0 spiro atoms. The van der Waals surface area contributed by atoms with Crippen LogP contribution in [0.5, 0.6) is 0 Å². The van der Waals surface area contributed by atoms with Crippen LogP contribution in [0.2, 0.25) is 0 Å². The quantitative estimate of drug-likeness (QED) is 0.753. The lowest BCUT2D eigenvalue weighted by Crippen LogP contribution is -2.39. The van der Waals surface area contributed by atoms with E-state index >= 15 is 0 Å². The maximum absolute atomic E-state index is 12.5. The fourth-order valence-corrected chi connectivity index (χ4v) is 2.75. The molecule has 1 heterocycles. The Bertz CT molecular complexity index is 848. The highest BCUT2D eigenvalue weighted by molar-refractivity contribution is 6.09. The lowest BCUT2D eigenvalue weighted by molar-refractivity contribution is 0.0296. The summed E-state index contributed by atoms with van der Waals surface area (Å²) in [6.07, 6.45) is 1.14. The highest BCUT2D eigenvalue weighted by Crippen LogP contribution is 2.25. The van der Waals surface area contributed by atoms with Crippen LogP contribution in [0.25, 0.3) is 5.70 Å². The van der Waals surface area contributed by atoms with Crippen LogP contribution in [0.15, 0.2) is 60.9 Å². The van der Waals surface area contributed by atoms with Crippen molar-refractivity contribution in [1.82, 2.24) is 4.90 Å².